The molecule has 12 heavy (non-hydrogen) atoms. The Kier molecular flexibility index (Phi) is 4.01. The summed E-state index contributed by atoms with van der Waals surface area (Å²) in [6.07, 6.45) is 3.99. The van der Waals surface area contributed by atoms with Crippen molar-refractivity contribution >= 4 is 5.97 Å². The Morgan fingerprint density at radius 1 is 1.50 bits per heavy atom. The second kappa shape index (κ2) is 4.29. The average molecular weight is 170 g/mol. The van der Waals surface area contributed by atoms with Gasteiger partial charge in [0.2, 0.25) is 0 Å². The van der Waals surface area contributed by atoms with Gasteiger partial charge >= 0.3 is 5.97 Å². The van der Waals surface area contributed by atoms with E-state index >= 15 is 0 Å². The maximum atomic E-state index is 10.2. The zero-order valence-electron chi connectivity index (χ0n) is 8.29. The van der Waals surface area contributed by atoms with Gasteiger partial charge in [-0.25, -0.2) is 4.79 Å². The van der Waals surface area contributed by atoms with E-state index in [2.05, 4.69) is 13.8 Å². The fourth-order valence-corrected chi connectivity index (χ4v) is 1.42. The van der Waals surface area contributed by atoms with Crippen molar-refractivity contribution in [1.82, 2.24) is 0 Å². The maximum Gasteiger partial charge on any atom is 0.327 e. The van der Waals surface area contributed by atoms with E-state index in [4.69, 9.17) is 5.11 Å². The molecule has 70 valence electrons. The zero-order chi connectivity index (χ0) is 9.78. The molecule has 0 radical (unpaired) electrons. The van der Waals surface area contributed by atoms with Crippen molar-refractivity contribution in [3.8, 4) is 0 Å². The average Bonchev–Trinajstić information content (AvgIpc) is 1.81. The number of rotatable bonds is 4. The highest BCUT2D eigenvalue weighted by molar-refractivity contribution is 5.79. The van der Waals surface area contributed by atoms with Gasteiger partial charge in [-0.3, -0.25) is 0 Å². The standard InChI is InChI=1S/C10H18O2/c1-8(2)7-10(3,4)6-5-9(11)12/h5-6,8H,7H2,1-4H3,(H,11,12)/b6-5+. The Morgan fingerprint density at radius 3 is 2.33 bits per heavy atom. The molecule has 0 saturated heterocycles. The van der Waals surface area contributed by atoms with Crippen molar-refractivity contribution in [2.45, 2.75) is 34.1 Å². The zero-order valence-corrected chi connectivity index (χ0v) is 8.29. The molecule has 0 rings (SSSR count). The van der Waals surface area contributed by atoms with Gasteiger partial charge in [0.15, 0.2) is 0 Å². The van der Waals surface area contributed by atoms with Crippen molar-refractivity contribution < 1.29 is 9.90 Å². The first kappa shape index (κ1) is 11.2. The topological polar surface area (TPSA) is 37.3 Å². The molecule has 0 aromatic rings. The smallest absolute Gasteiger partial charge is 0.327 e. The van der Waals surface area contributed by atoms with E-state index < -0.39 is 5.97 Å². The van der Waals surface area contributed by atoms with E-state index in [0.717, 1.165) is 6.42 Å². The van der Waals surface area contributed by atoms with Crippen LogP contribution in [0.5, 0.6) is 0 Å². The van der Waals surface area contributed by atoms with Crippen LogP contribution < -0.4 is 0 Å². The van der Waals surface area contributed by atoms with Crippen molar-refractivity contribution in [2.75, 3.05) is 0 Å². The predicted octanol–water partition coefficient (Wildman–Crippen LogP) is 2.70. The number of aliphatic carboxylic acids is 1. The third-order valence-corrected chi connectivity index (χ3v) is 1.61. The van der Waals surface area contributed by atoms with Gasteiger partial charge in [0, 0.05) is 6.08 Å². The highest BCUT2D eigenvalue weighted by Gasteiger charge is 2.15. The second-order valence-corrected chi connectivity index (χ2v) is 4.26. The van der Waals surface area contributed by atoms with Gasteiger partial charge < -0.3 is 5.11 Å². The molecule has 1 N–H and O–H groups in total. The Balaban J connectivity index is 4.12. The summed E-state index contributed by atoms with van der Waals surface area (Å²) in [5.41, 5.74) is -0.00738. The maximum absolute atomic E-state index is 10.2. The van der Waals surface area contributed by atoms with Gasteiger partial charge in [-0.2, -0.15) is 0 Å². The van der Waals surface area contributed by atoms with Crippen LogP contribution in [0.25, 0.3) is 0 Å². The van der Waals surface area contributed by atoms with Gasteiger partial charge in [0.25, 0.3) is 0 Å². The number of allylic oxidation sites excluding steroid dienone is 1. The Hall–Kier alpha value is -0.790. The summed E-state index contributed by atoms with van der Waals surface area (Å²) in [7, 11) is 0. The Labute approximate surface area is 74.3 Å². The lowest BCUT2D eigenvalue weighted by Crippen LogP contribution is -2.11. The van der Waals surface area contributed by atoms with Crippen LogP contribution in [0.15, 0.2) is 12.2 Å². The molecule has 0 bridgehead atoms. The van der Waals surface area contributed by atoms with E-state index in [-0.39, 0.29) is 5.41 Å². The molecule has 0 heterocycles. The van der Waals surface area contributed by atoms with Crippen LogP contribution in [0.3, 0.4) is 0 Å². The molecule has 0 aromatic carbocycles. The molecule has 0 aromatic heterocycles. The molecule has 0 spiro atoms. The predicted molar refractivity (Wildman–Crippen MR) is 50.0 cm³/mol. The van der Waals surface area contributed by atoms with Crippen LogP contribution >= 0.6 is 0 Å². The number of hydrogen-bond acceptors (Lipinski definition) is 1. The van der Waals surface area contributed by atoms with Crippen molar-refractivity contribution in [1.29, 1.82) is 0 Å². The van der Waals surface area contributed by atoms with Crippen molar-refractivity contribution in [3.05, 3.63) is 12.2 Å². The van der Waals surface area contributed by atoms with Crippen LogP contribution in [0.2, 0.25) is 0 Å². The van der Waals surface area contributed by atoms with Gasteiger partial charge in [-0.05, 0) is 17.8 Å². The first-order valence-corrected chi connectivity index (χ1v) is 4.25. The minimum absolute atomic E-state index is 0.00738. The highest BCUT2D eigenvalue weighted by Crippen LogP contribution is 2.26. The van der Waals surface area contributed by atoms with Crippen molar-refractivity contribution in [3.63, 3.8) is 0 Å². The minimum atomic E-state index is -0.869. The molecule has 0 unspecified atom stereocenters. The lowest BCUT2D eigenvalue weighted by Gasteiger charge is -2.21. The molecule has 0 aliphatic rings. The monoisotopic (exact) mass is 170 g/mol. The lowest BCUT2D eigenvalue weighted by molar-refractivity contribution is -0.131. The largest absolute Gasteiger partial charge is 0.478 e. The minimum Gasteiger partial charge on any atom is -0.478 e. The molecule has 0 aliphatic heterocycles. The molecule has 0 amide bonds. The van der Waals surface area contributed by atoms with Crippen LogP contribution in [0.1, 0.15) is 34.1 Å². The molecule has 0 aliphatic carbocycles. The summed E-state index contributed by atoms with van der Waals surface area (Å²) in [5.74, 6) is -0.273. The van der Waals surface area contributed by atoms with E-state index in [9.17, 15) is 4.79 Å². The van der Waals surface area contributed by atoms with Gasteiger partial charge in [0.05, 0.1) is 0 Å². The molecule has 0 atom stereocenters. The van der Waals surface area contributed by atoms with E-state index in [1.54, 1.807) is 6.08 Å². The third kappa shape index (κ3) is 5.96. The van der Waals surface area contributed by atoms with Crippen LogP contribution in [-0.4, -0.2) is 11.1 Å². The summed E-state index contributed by atoms with van der Waals surface area (Å²) in [6.45, 7) is 8.37. The van der Waals surface area contributed by atoms with Gasteiger partial charge in [0.1, 0.15) is 0 Å². The number of carboxylic acids is 1. The first-order chi connectivity index (χ1) is 5.33. The van der Waals surface area contributed by atoms with E-state index in [1.807, 2.05) is 13.8 Å². The van der Waals surface area contributed by atoms with Gasteiger partial charge in [-0.1, -0.05) is 33.8 Å². The molecule has 0 fully saturated rings. The fraction of sp³-hybridized carbons (Fsp3) is 0.700. The van der Waals surface area contributed by atoms with Crippen LogP contribution in [0, 0.1) is 11.3 Å². The Morgan fingerprint density at radius 2 is 2.00 bits per heavy atom. The molecular formula is C10H18O2. The number of carbonyl (C=O) groups is 1. The second-order valence-electron chi connectivity index (χ2n) is 4.26. The lowest BCUT2D eigenvalue weighted by atomic mass is 9.84. The van der Waals surface area contributed by atoms with Crippen molar-refractivity contribution in [2.24, 2.45) is 11.3 Å². The molecular weight excluding hydrogens is 152 g/mol. The highest BCUT2D eigenvalue weighted by atomic mass is 16.4. The normalized spacial score (nSPS) is 12.8. The molecule has 2 heteroatoms. The number of carboxylic acid groups (broad SMARTS) is 1. The molecule has 2 nitrogen and oxygen atoms in total. The number of hydrogen-bond donors (Lipinski definition) is 1. The Bertz CT molecular complexity index is 178. The molecule has 0 saturated carbocycles. The van der Waals surface area contributed by atoms with E-state index in [0.29, 0.717) is 5.92 Å². The quantitative estimate of drug-likeness (QED) is 0.659. The summed E-state index contributed by atoms with van der Waals surface area (Å²) >= 11 is 0. The van der Waals surface area contributed by atoms with Crippen LogP contribution in [0.4, 0.5) is 0 Å². The van der Waals surface area contributed by atoms with Crippen LogP contribution in [-0.2, 0) is 4.79 Å². The third-order valence-electron chi connectivity index (χ3n) is 1.61. The fourth-order valence-electron chi connectivity index (χ4n) is 1.42. The summed E-state index contributed by atoms with van der Waals surface area (Å²) in [5, 5.41) is 8.42. The van der Waals surface area contributed by atoms with E-state index in [1.165, 1.54) is 6.08 Å². The first-order valence-electron chi connectivity index (χ1n) is 4.25. The summed E-state index contributed by atoms with van der Waals surface area (Å²) in [4.78, 5) is 10.2. The SMILES string of the molecule is CC(C)CC(C)(C)/C=C/C(=O)O. The summed E-state index contributed by atoms with van der Waals surface area (Å²) < 4.78 is 0. The summed E-state index contributed by atoms with van der Waals surface area (Å²) in [6, 6.07) is 0. The van der Waals surface area contributed by atoms with Gasteiger partial charge in [-0.15, -0.1) is 0 Å².